The molecule has 0 fully saturated rings. The van der Waals surface area contributed by atoms with Crippen molar-refractivity contribution in [2.75, 3.05) is 24.9 Å². The van der Waals surface area contributed by atoms with Gasteiger partial charge in [-0.2, -0.15) is 0 Å². The van der Waals surface area contributed by atoms with Gasteiger partial charge in [0, 0.05) is 12.1 Å². The third-order valence-electron chi connectivity index (χ3n) is 3.27. The molecule has 0 saturated carbocycles. The van der Waals surface area contributed by atoms with Crippen molar-refractivity contribution in [3.63, 3.8) is 0 Å². The molecule has 104 valence electrons. The summed E-state index contributed by atoms with van der Waals surface area (Å²) in [6.07, 6.45) is 2.92. The maximum Gasteiger partial charge on any atom is 0.246 e. The number of methoxy groups -OCH3 is 2. The molecule has 0 spiro atoms. The number of hydrogen-bond acceptors (Lipinski definition) is 4. The van der Waals surface area contributed by atoms with Crippen LogP contribution in [-0.4, -0.2) is 26.2 Å². The van der Waals surface area contributed by atoms with Gasteiger partial charge in [0.15, 0.2) is 11.5 Å². The van der Waals surface area contributed by atoms with Crippen molar-refractivity contribution in [1.29, 1.82) is 0 Å². The summed E-state index contributed by atoms with van der Waals surface area (Å²) in [6, 6.07) is 3.45. The molecule has 2 N–H and O–H groups in total. The van der Waals surface area contributed by atoms with Gasteiger partial charge in [-0.3, -0.25) is 4.79 Å². The SMILES string of the molecule is CCCCC1Nc2cc(OC)c(OC)cc2NC1=O. The van der Waals surface area contributed by atoms with Crippen LogP contribution in [0.2, 0.25) is 0 Å². The standard InChI is InChI=1S/C14H20N2O3/c1-4-5-6-9-14(17)16-11-8-13(19-3)12(18-2)7-10(11)15-9/h7-9,15H,4-6H2,1-3H3,(H,16,17). The first-order valence-corrected chi connectivity index (χ1v) is 6.53. The molecule has 1 aliphatic heterocycles. The zero-order valence-electron chi connectivity index (χ0n) is 11.6. The summed E-state index contributed by atoms with van der Waals surface area (Å²) in [4.78, 5) is 12.0. The molecule has 1 amide bonds. The van der Waals surface area contributed by atoms with Crippen molar-refractivity contribution in [3.05, 3.63) is 12.1 Å². The van der Waals surface area contributed by atoms with Gasteiger partial charge in [0.2, 0.25) is 5.91 Å². The van der Waals surface area contributed by atoms with Crippen LogP contribution in [0.1, 0.15) is 26.2 Å². The minimum atomic E-state index is -0.175. The zero-order chi connectivity index (χ0) is 13.8. The molecule has 0 aliphatic carbocycles. The van der Waals surface area contributed by atoms with Crippen LogP contribution in [0.25, 0.3) is 0 Å². The topological polar surface area (TPSA) is 59.6 Å². The summed E-state index contributed by atoms with van der Waals surface area (Å²) < 4.78 is 10.5. The first kappa shape index (κ1) is 13.5. The third-order valence-corrected chi connectivity index (χ3v) is 3.27. The van der Waals surface area contributed by atoms with Crippen molar-refractivity contribution < 1.29 is 14.3 Å². The average Bonchev–Trinajstić information content (AvgIpc) is 2.43. The van der Waals surface area contributed by atoms with Gasteiger partial charge in [-0.25, -0.2) is 0 Å². The van der Waals surface area contributed by atoms with Gasteiger partial charge >= 0.3 is 0 Å². The number of anilines is 2. The summed E-state index contributed by atoms with van der Waals surface area (Å²) in [5.74, 6) is 1.27. The molecule has 5 nitrogen and oxygen atoms in total. The molecule has 2 rings (SSSR count). The zero-order valence-corrected chi connectivity index (χ0v) is 11.6. The number of amides is 1. The van der Waals surface area contributed by atoms with E-state index in [2.05, 4.69) is 17.6 Å². The Labute approximate surface area is 113 Å². The molecule has 1 unspecified atom stereocenters. The van der Waals surface area contributed by atoms with E-state index in [4.69, 9.17) is 9.47 Å². The lowest BCUT2D eigenvalue weighted by molar-refractivity contribution is -0.117. The Morgan fingerprint density at radius 2 is 1.79 bits per heavy atom. The van der Waals surface area contributed by atoms with E-state index in [1.165, 1.54) is 0 Å². The lowest BCUT2D eigenvalue weighted by Gasteiger charge is -2.27. The smallest absolute Gasteiger partial charge is 0.246 e. The van der Waals surface area contributed by atoms with E-state index >= 15 is 0 Å². The normalized spacial score (nSPS) is 17.2. The summed E-state index contributed by atoms with van der Waals surface area (Å²) in [5.41, 5.74) is 1.61. The van der Waals surface area contributed by atoms with Crippen molar-refractivity contribution in [1.82, 2.24) is 0 Å². The molecular formula is C14H20N2O3. The predicted octanol–water partition coefficient (Wildman–Crippen LogP) is 2.63. The van der Waals surface area contributed by atoms with Gasteiger partial charge in [0.25, 0.3) is 0 Å². The van der Waals surface area contributed by atoms with E-state index in [0.29, 0.717) is 11.5 Å². The van der Waals surface area contributed by atoms with E-state index in [9.17, 15) is 4.79 Å². The highest BCUT2D eigenvalue weighted by molar-refractivity contribution is 6.03. The lowest BCUT2D eigenvalue weighted by atomic mass is 10.1. The molecule has 1 aromatic rings. The number of carbonyl (C=O) groups is 1. The van der Waals surface area contributed by atoms with Crippen molar-refractivity contribution in [2.45, 2.75) is 32.2 Å². The minimum Gasteiger partial charge on any atom is -0.493 e. The molecule has 0 radical (unpaired) electrons. The molecule has 0 aromatic heterocycles. The number of ether oxygens (including phenoxy) is 2. The summed E-state index contributed by atoms with van der Waals surface area (Å²) in [7, 11) is 3.17. The number of benzene rings is 1. The fourth-order valence-corrected chi connectivity index (χ4v) is 2.19. The highest BCUT2D eigenvalue weighted by Gasteiger charge is 2.26. The van der Waals surface area contributed by atoms with Gasteiger partial charge in [-0.05, 0) is 6.42 Å². The van der Waals surface area contributed by atoms with E-state index < -0.39 is 0 Å². The lowest BCUT2D eigenvalue weighted by Crippen LogP contribution is -2.38. The molecule has 0 saturated heterocycles. The fraction of sp³-hybridized carbons (Fsp3) is 0.500. The van der Waals surface area contributed by atoms with Crippen LogP contribution in [0.15, 0.2) is 12.1 Å². The third kappa shape index (κ3) is 2.75. The van der Waals surface area contributed by atoms with Gasteiger partial charge in [0.1, 0.15) is 6.04 Å². The van der Waals surface area contributed by atoms with E-state index in [0.717, 1.165) is 30.6 Å². The van der Waals surface area contributed by atoms with Crippen LogP contribution in [-0.2, 0) is 4.79 Å². The van der Waals surface area contributed by atoms with Crippen LogP contribution in [0, 0.1) is 0 Å². The Morgan fingerprint density at radius 1 is 1.16 bits per heavy atom. The van der Waals surface area contributed by atoms with Gasteiger partial charge in [0.05, 0.1) is 25.6 Å². The Hall–Kier alpha value is -1.91. The molecule has 5 heteroatoms. The quantitative estimate of drug-likeness (QED) is 0.858. The van der Waals surface area contributed by atoms with E-state index in [1.54, 1.807) is 20.3 Å². The number of unbranched alkanes of at least 4 members (excludes halogenated alkanes) is 1. The number of nitrogens with one attached hydrogen (secondary N) is 2. The maximum atomic E-state index is 12.0. The maximum absolute atomic E-state index is 12.0. The minimum absolute atomic E-state index is 0.00756. The van der Waals surface area contributed by atoms with Crippen LogP contribution in [0.3, 0.4) is 0 Å². The average molecular weight is 264 g/mol. The molecule has 1 aliphatic rings. The Balaban J connectivity index is 2.26. The Bertz CT molecular complexity index is 474. The van der Waals surface area contributed by atoms with E-state index in [-0.39, 0.29) is 11.9 Å². The molecule has 0 bridgehead atoms. The monoisotopic (exact) mass is 264 g/mol. The summed E-state index contributed by atoms with van der Waals surface area (Å²) in [6.45, 7) is 2.11. The highest BCUT2D eigenvalue weighted by Crippen LogP contribution is 2.38. The number of hydrogen-bond donors (Lipinski definition) is 2. The van der Waals surface area contributed by atoms with Crippen LogP contribution >= 0.6 is 0 Å². The van der Waals surface area contributed by atoms with Crippen molar-refractivity contribution in [3.8, 4) is 11.5 Å². The Kier molecular flexibility index (Phi) is 4.14. The number of rotatable bonds is 5. The molecular weight excluding hydrogens is 244 g/mol. The van der Waals surface area contributed by atoms with E-state index in [1.807, 2.05) is 6.07 Å². The van der Waals surface area contributed by atoms with Gasteiger partial charge < -0.3 is 20.1 Å². The van der Waals surface area contributed by atoms with Crippen LogP contribution < -0.4 is 20.1 Å². The predicted molar refractivity (Wildman–Crippen MR) is 75.1 cm³/mol. The van der Waals surface area contributed by atoms with Crippen molar-refractivity contribution in [2.24, 2.45) is 0 Å². The fourth-order valence-electron chi connectivity index (χ4n) is 2.19. The highest BCUT2D eigenvalue weighted by atomic mass is 16.5. The van der Waals surface area contributed by atoms with Gasteiger partial charge in [-0.15, -0.1) is 0 Å². The molecule has 19 heavy (non-hydrogen) atoms. The second-order valence-electron chi connectivity index (χ2n) is 4.58. The van der Waals surface area contributed by atoms with Crippen LogP contribution in [0.4, 0.5) is 11.4 Å². The van der Waals surface area contributed by atoms with Crippen molar-refractivity contribution >= 4 is 17.3 Å². The second-order valence-corrected chi connectivity index (χ2v) is 4.58. The first-order valence-electron chi connectivity index (χ1n) is 6.53. The number of carbonyl (C=O) groups excluding carboxylic acids is 1. The summed E-state index contributed by atoms with van der Waals surface area (Å²) in [5, 5.41) is 6.17. The molecule has 1 heterocycles. The second kappa shape index (κ2) is 5.82. The Morgan fingerprint density at radius 3 is 2.37 bits per heavy atom. The van der Waals surface area contributed by atoms with Crippen LogP contribution in [0.5, 0.6) is 11.5 Å². The van der Waals surface area contributed by atoms with Gasteiger partial charge in [-0.1, -0.05) is 19.8 Å². The number of fused-ring (bicyclic) bond motifs is 1. The summed E-state index contributed by atoms with van der Waals surface area (Å²) >= 11 is 0. The largest absolute Gasteiger partial charge is 0.493 e. The molecule has 1 atom stereocenters. The first-order chi connectivity index (χ1) is 9.19. The molecule has 1 aromatic carbocycles.